The van der Waals surface area contributed by atoms with Crippen molar-refractivity contribution in [2.75, 3.05) is 0 Å². The van der Waals surface area contributed by atoms with Gasteiger partial charge in [0.2, 0.25) is 0 Å². The van der Waals surface area contributed by atoms with E-state index in [0.29, 0.717) is 22.5 Å². The molecule has 0 aromatic heterocycles. The fourth-order valence-electron chi connectivity index (χ4n) is 2.89. The fraction of sp³-hybridized carbons (Fsp3) is 0. The van der Waals surface area contributed by atoms with Crippen molar-refractivity contribution in [3.8, 4) is 11.5 Å². The van der Waals surface area contributed by atoms with Crippen LogP contribution in [0.2, 0.25) is 0 Å². The van der Waals surface area contributed by atoms with E-state index in [1.807, 2.05) is 48.5 Å². The summed E-state index contributed by atoms with van der Waals surface area (Å²) in [6, 6.07) is 26.0. The third-order valence-corrected chi connectivity index (χ3v) is 4.40. The summed E-state index contributed by atoms with van der Waals surface area (Å²) >= 11 is 0. The van der Waals surface area contributed by atoms with Gasteiger partial charge in [-0.2, -0.15) is 0 Å². The number of nitrogens with zero attached hydrogens (tertiary/aromatic N) is 2. The number of aromatic hydroxyl groups is 2. The second-order valence-corrected chi connectivity index (χ2v) is 6.32. The van der Waals surface area contributed by atoms with Crippen molar-refractivity contribution < 1.29 is 31.3 Å². The molecule has 5 heteroatoms. The van der Waals surface area contributed by atoms with Gasteiger partial charge in [0.05, 0.1) is 11.4 Å². The minimum absolute atomic E-state index is 0. The Bertz CT molecular complexity index is 1110. The molecule has 0 aliphatic carbocycles. The third kappa shape index (κ3) is 4.79. The fourth-order valence-corrected chi connectivity index (χ4v) is 2.89. The predicted octanol–water partition coefficient (Wildman–Crippen LogP) is 5.75. The van der Waals surface area contributed by atoms with Crippen molar-refractivity contribution in [2.24, 2.45) is 9.98 Å². The van der Waals surface area contributed by atoms with Crippen LogP contribution in [0.4, 0.5) is 11.4 Å². The maximum absolute atomic E-state index is 9.96. The van der Waals surface area contributed by atoms with Crippen LogP contribution in [0.5, 0.6) is 11.5 Å². The van der Waals surface area contributed by atoms with E-state index in [-0.39, 0.29) is 32.6 Å². The molecular formula is C24H18N2O2Pt. The van der Waals surface area contributed by atoms with E-state index in [0.717, 1.165) is 10.8 Å². The number of hydrogen-bond acceptors (Lipinski definition) is 4. The van der Waals surface area contributed by atoms with E-state index in [1.165, 1.54) is 0 Å². The van der Waals surface area contributed by atoms with Gasteiger partial charge in [-0.1, -0.05) is 48.5 Å². The molecule has 4 aromatic carbocycles. The van der Waals surface area contributed by atoms with Crippen molar-refractivity contribution in [3.05, 3.63) is 96.1 Å². The molecule has 29 heavy (non-hydrogen) atoms. The topological polar surface area (TPSA) is 65.2 Å². The summed E-state index contributed by atoms with van der Waals surface area (Å²) in [4.78, 5) is 9.12. The number of benzene rings is 4. The largest absolute Gasteiger partial charge is 0.507 e. The average molecular weight is 561 g/mol. The first-order chi connectivity index (χ1) is 13.7. The van der Waals surface area contributed by atoms with Crippen molar-refractivity contribution in [2.45, 2.75) is 0 Å². The second-order valence-electron chi connectivity index (χ2n) is 6.32. The van der Waals surface area contributed by atoms with Crippen molar-refractivity contribution in [3.63, 3.8) is 0 Å². The molecular weight excluding hydrogens is 543 g/mol. The van der Waals surface area contributed by atoms with Crippen LogP contribution >= 0.6 is 0 Å². The van der Waals surface area contributed by atoms with Crippen LogP contribution in [0.25, 0.3) is 10.8 Å². The smallest absolute Gasteiger partial charge is 0.124 e. The molecule has 4 nitrogen and oxygen atoms in total. The quantitative estimate of drug-likeness (QED) is 0.312. The zero-order valence-electron chi connectivity index (χ0n) is 15.3. The molecule has 0 heterocycles. The Morgan fingerprint density at radius 1 is 0.552 bits per heavy atom. The van der Waals surface area contributed by atoms with E-state index in [1.54, 1.807) is 48.8 Å². The molecule has 146 valence electrons. The standard InChI is InChI=1S/C24H18N2O2.Pt/c27-23-11-5-3-9-19(23)15-25-21-13-17-7-1-2-8-18(17)14-22(21)26-16-20-10-4-6-12-24(20)28;/h1-16,27-28H;. The Balaban J connectivity index is 0.00000240. The first-order valence-corrected chi connectivity index (χ1v) is 8.87. The van der Waals surface area contributed by atoms with Crippen LogP contribution in [0.1, 0.15) is 11.1 Å². The van der Waals surface area contributed by atoms with Gasteiger partial charge in [-0.05, 0) is 47.2 Å². The van der Waals surface area contributed by atoms with Gasteiger partial charge >= 0.3 is 0 Å². The number of para-hydroxylation sites is 2. The van der Waals surface area contributed by atoms with Crippen molar-refractivity contribution >= 4 is 34.6 Å². The summed E-state index contributed by atoms with van der Waals surface area (Å²) in [5, 5.41) is 22.0. The average Bonchev–Trinajstić information content (AvgIpc) is 2.72. The van der Waals surface area contributed by atoms with E-state index >= 15 is 0 Å². The maximum atomic E-state index is 9.96. The van der Waals surface area contributed by atoms with E-state index in [4.69, 9.17) is 0 Å². The van der Waals surface area contributed by atoms with Crippen LogP contribution < -0.4 is 0 Å². The Morgan fingerprint density at radius 2 is 0.931 bits per heavy atom. The molecule has 0 amide bonds. The number of phenolic OH excluding ortho intramolecular Hbond substituents is 2. The summed E-state index contributed by atoms with van der Waals surface area (Å²) in [7, 11) is 0. The molecule has 0 fully saturated rings. The summed E-state index contributed by atoms with van der Waals surface area (Å²) < 4.78 is 0. The molecule has 0 saturated heterocycles. The third-order valence-electron chi connectivity index (χ3n) is 4.40. The number of aliphatic imine (C=N–C) groups is 2. The number of hydrogen-bond donors (Lipinski definition) is 2. The molecule has 0 unspecified atom stereocenters. The Hall–Kier alpha value is -3.23. The van der Waals surface area contributed by atoms with Crippen LogP contribution in [0.15, 0.2) is 94.9 Å². The monoisotopic (exact) mass is 561 g/mol. The second kappa shape index (κ2) is 9.31. The summed E-state index contributed by atoms with van der Waals surface area (Å²) in [6.45, 7) is 0. The normalized spacial score (nSPS) is 11.2. The molecule has 4 aromatic rings. The van der Waals surface area contributed by atoms with Crippen LogP contribution in [0, 0.1) is 0 Å². The van der Waals surface area contributed by atoms with E-state index < -0.39 is 0 Å². The van der Waals surface area contributed by atoms with Crippen molar-refractivity contribution in [1.82, 2.24) is 0 Å². The van der Waals surface area contributed by atoms with Gasteiger partial charge in [0.1, 0.15) is 11.5 Å². The molecule has 2 N–H and O–H groups in total. The molecule has 0 aliphatic heterocycles. The van der Waals surface area contributed by atoms with E-state index in [9.17, 15) is 10.2 Å². The van der Waals surface area contributed by atoms with Gasteiger partial charge in [-0.3, -0.25) is 9.98 Å². The molecule has 0 aliphatic rings. The van der Waals surface area contributed by atoms with E-state index in [2.05, 4.69) is 9.98 Å². The zero-order chi connectivity index (χ0) is 19.3. The number of fused-ring (bicyclic) bond motifs is 1. The van der Waals surface area contributed by atoms with Crippen LogP contribution in [0.3, 0.4) is 0 Å². The molecule has 0 atom stereocenters. The van der Waals surface area contributed by atoms with Gasteiger partial charge in [0.25, 0.3) is 0 Å². The zero-order valence-corrected chi connectivity index (χ0v) is 17.6. The van der Waals surface area contributed by atoms with Crippen LogP contribution in [-0.4, -0.2) is 22.6 Å². The first kappa shape index (κ1) is 20.5. The molecule has 0 radical (unpaired) electrons. The summed E-state index contributed by atoms with van der Waals surface area (Å²) in [6.07, 6.45) is 3.25. The minimum Gasteiger partial charge on any atom is -0.507 e. The van der Waals surface area contributed by atoms with Crippen LogP contribution in [-0.2, 0) is 21.1 Å². The van der Waals surface area contributed by atoms with Gasteiger partial charge in [-0.25, -0.2) is 0 Å². The van der Waals surface area contributed by atoms with Gasteiger partial charge < -0.3 is 10.2 Å². The Labute approximate surface area is 183 Å². The molecule has 0 saturated carbocycles. The first-order valence-electron chi connectivity index (χ1n) is 8.87. The van der Waals surface area contributed by atoms with Gasteiger partial charge in [0.15, 0.2) is 0 Å². The minimum atomic E-state index is 0. The molecule has 4 rings (SSSR count). The SMILES string of the molecule is Oc1ccccc1C=Nc1cc2ccccc2cc1N=Cc1ccccc1O.[Pt]. The number of phenols is 2. The van der Waals surface area contributed by atoms with Crippen molar-refractivity contribution in [1.29, 1.82) is 0 Å². The summed E-state index contributed by atoms with van der Waals surface area (Å²) in [5.41, 5.74) is 2.61. The predicted molar refractivity (Wildman–Crippen MR) is 115 cm³/mol. The van der Waals surface area contributed by atoms with Gasteiger partial charge in [0, 0.05) is 44.6 Å². The number of rotatable bonds is 4. The Morgan fingerprint density at radius 3 is 1.34 bits per heavy atom. The Kier molecular flexibility index (Phi) is 6.58. The summed E-state index contributed by atoms with van der Waals surface area (Å²) in [5.74, 6) is 0.345. The molecule has 0 bridgehead atoms. The maximum Gasteiger partial charge on any atom is 0.124 e. The molecule has 0 spiro atoms. The van der Waals surface area contributed by atoms with Gasteiger partial charge in [-0.15, -0.1) is 0 Å².